The van der Waals surface area contributed by atoms with Gasteiger partial charge in [-0.2, -0.15) is 0 Å². The molecule has 0 amide bonds. The predicted octanol–water partition coefficient (Wildman–Crippen LogP) is -0.884. The van der Waals surface area contributed by atoms with Crippen molar-refractivity contribution in [1.82, 2.24) is 6.15 Å². The molecule has 0 unspecified atom stereocenters. The number of aliphatic hydroxyl groups is 1. The Bertz CT molecular complexity index is 31.2. The minimum atomic E-state index is 0. The third kappa shape index (κ3) is 9.28. The zero-order valence-corrected chi connectivity index (χ0v) is 4.97. The summed E-state index contributed by atoms with van der Waals surface area (Å²) >= 11 is 0. The highest BCUT2D eigenvalue weighted by molar-refractivity contribution is 4.28. The van der Waals surface area contributed by atoms with Crippen LogP contribution in [0.3, 0.4) is 0 Å². The Balaban J connectivity index is 0. The van der Waals surface area contributed by atoms with Crippen LogP contribution in [-0.4, -0.2) is 31.5 Å². The molecule has 0 aromatic heterocycles. The highest BCUT2D eigenvalue weighted by Gasteiger charge is 1.78. The van der Waals surface area contributed by atoms with Crippen LogP contribution in [0.5, 0.6) is 0 Å². The van der Waals surface area contributed by atoms with Crippen molar-refractivity contribution in [3.8, 4) is 0 Å². The van der Waals surface area contributed by atoms with Crippen LogP contribution in [0.15, 0.2) is 0 Å². The summed E-state index contributed by atoms with van der Waals surface area (Å²) in [5, 5.41) is 8.13. The molecule has 4 nitrogen and oxygen atoms in total. The maximum atomic E-state index is 8.13. The fourth-order valence-electron chi connectivity index (χ4n) is 0.250. The fraction of sp³-hybridized carbons (Fsp3) is 1.00. The summed E-state index contributed by atoms with van der Waals surface area (Å²) in [5.41, 5.74) is 5.06. The van der Waals surface area contributed by atoms with Gasteiger partial charge in [0.1, 0.15) is 0 Å². The molecule has 4 heteroatoms. The zero-order chi connectivity index (χ0) is 5.54. The van der Waals surface area contributed by atoms with E-state index in [1.165, 1.54) is 0 Å². The van der Waals surface area contributed by atoms with Crippen LogP contribution in [-0.2, 0) is 4.74 Å². The SMILES string of the molecule is N.NCCOCCO. The first-order chi connectivity index (χ1) is 3.41. The van der Waals surface area contributed by atoms with Gasteiger partial charge >= 0.3 is 0 Å². The minimum Gasteiger partial charge on any atom is -0.394 e. The van der Waals surface area contributed by atoms with Gasteiger partial charge in [0.15, 0.2) is 0 Å². The molecule has 0 aromatic carbocycles. The Morgan fingerprint density at radius 3 is 2.38 bits per heavy atom. The van der Waals surface area contributed by atoms with Gasteiger partial charge in [0.05, 0.1) is 19.8 Å². The molecule has 0 atom stereocenters. The van der Waals surface area contributed by atoms with Gasteiger partial charge in [0.25, 0.3) is 0 Å². The monoisotopic (exact) mass is 122 g/mol. The van der Waals surface area contributed by atoms with Gasteiger partial charge < -0.3 is 21.7 Å². The van der Waals surface area contributed by atoms with Crippen molar-refractivity contribution in [2.45, 2.75) is 0 Å². The van der Waals surface area contributed by atoms with Gasteiger partial charge in [-0.3, -0.25) is 0 Å². The number of rotatable bonds is 4. The first kappa shape index (κ1) is 10.8. The van der Waals surface area contributed by atoms with E-state index in [1.807, 2.05) is 0 Å². The summed E-state index contributed by atoms with van der Waals surface area (Å²) < 4.78 is 4.76. The molecule has 52 valence electrons. The van der Waals surface area contributed by atoms with Gasteiger partial charge in [0, 0.05) is 6.54 Å². The molecule has 0 aliphatic carbocycles. The fourth-order valence-corrected chi connectivity index (χ4v) is 0.250. The standard InChI is InChI=1S/C4H11NO2.H3N/c5-1-3-7-4-2-6;/h6H,1-5H2;1H3. The van der Waals surface area contributed by atoms with E-state index in [4.69, 9.17) is 15.6 Å². The van der Waals surface area contributed by atoms with Crippen LogP contribution >= 0.6 is 0 Å². The van der Waals surface area contributed by atoms with Gasteiger partial charge in [-0.15, -0.1) is 0 Å². The second kappa shape index (κ2) is 9.96. The summed E-state index contributed by atoms with van der Waals surface area (Å²) in [6.07, 6.45) is 0. The third-order valence-electron chi connectivity index (χ3n) is 0.498. The quantitative estimate of drug-likeness (QED) is 0.422. The zero-order valence-electron chi connectivity index (χ0n) is 4.97. The van der Waals surface area contributed by atoms with Crippen LogP contribution in [0, 0.1) is 0 Å². The van der Waals surface area contributed by atoms with E-state index in [1.54, 1.807) is 0 Å². The van der Waals surface area contributed by atoms with Crippen molar-refractivity contribution in [1.29, 1.82) is 0 Å². The van der Waals surface area contributed by atoms with E-state index in [0.717, 1.165) is 0 Å². The Kier molecular flexibility index (Phi) is 13.4. The molecular weight excluding hydrogens is 108 g/mol. The molecule has 0 aliphatic heterocycles. The molecule has 0 rings (SSSR count). The number of ether oxygens (including phenoxy) is 1. The molecule has 0 spiro atoms. The second-order valence-corrected chi connectivity index (χ2v) is 1.12. The molecule has 8 heavy (non-hydrogen) atoms. The first-order valence-corrected chi connectivity index (χ1v) is 2.30. The second-order valence-electron chi connectivity index (χ2n) is 1.12. The smallest absolute Gasteiger partial charge is 0.0698 e. The van der Waals surface area contributed by atoms with Crippen LogP contribution in [0.25, 0.3) is 0 Å². The average Bonchev–Trinajstić information content (AvgIpc) is 1.69. The van der Waals surface area contributed by atoms with Crippen LogP contribution < -0.4 is 11.9 Å². The highest BCUT2D eigenvalue weighted by atomic mass is 16.5. The van der Waals surface area contributed by atoms with E-state index >= 15 is 0 Å². The average molecular weight is 122 g/mol. The molecule has 0 aromatic rings. The minimum absolute atomic E-state index is 0. The number of nitrogens with two attached hydrogens (primary N) is 1. The normalized spacial score (nSPS) is 8.25. The van der Waals surface area contributed by atoms with Crippen molar-refractivity contribution < 1.29 is 9.84 Å². The molecule has 0 fully saturated rings. The van der Waals surface area contributed by atoms with Crippen molar-refractivity contribution in [2.75, 3.05) is 26.4 Å². The molecular formula is C4H14N2O2. The van der Waals surface area contributed by atoms with Crippen molar-refractivity contribution in [3.05, 3.63) is 0 Å². The Morgan fingerprint density at radius 2 is 2.00 bits per heavy atom. The molecule has 0 saturated heterocycles. The maximum absolute atomic E-state index is 8.13. The summed E-state index contributed by atoms with van der Waals surface area (Å²) in [4.78, 5) is 0. The summed E-state index contributed by atoms with van der Waals surface area (Å²) in [5.74, 6) is 0. The van der Waals surface area contributed by atoms with Gasteiger partial charge in [0.2, 0.25) is 0 Å². The molecule has 6 N–H and O–H groups in total. The predicted molar refractivity (Wildman–Crippen MR) is 32.0 cm³/mol. The molecule has 0 radical (unpaired) electrons. The number of hydrogen-bond acceptors (Lipinski definition) is 4. The van der Waals surface area contributed by atoms with E-state index in [0.29, 0.717) is 19.8 Å². The molecule has 0 bridgehead atoms. The lowest BCUT2D eigenvalue weighted by atomic mass is 10.7. The van der Waals surface area contributed by atoms with Crippen molar-refractivity contribution in [3.63, 3.8) is 0 Å². The lowest BCUT2D eigenvalue weighted by Gasteiger charge is -1.95. The topological polar surface area (TPSA) is 90.5 Å². The van der Waals surface area contributed by atoms with E-state index < -0.39 is 0 Å². The van der Waals surface area contributed by atoms with Crippen LogP contribution in [0.2, 0.25) is 0 Å². The first-order valence-electron chi connectivity index (χ1n) is 2.30. The van der Waals surface area contributed by atoms with Gasteiger partial charge in [-0.25, -0.2) is 0 Å². The van der Waals surface area contributed by atoms with E-state index in [9.17, 15) is 0 Å². The van der Waals surface area contributed by atoms with E-state index in [2.05, 4.69) is 0 Å². The Labute approximate surface area is 49.2 Å². The number of hydrogen-bond donors (Lipinski definition) is 3. The third-order valence-corrected chi connectivity index (χ3v) is 0.498. The highest BCUT2D eigenvalue weighted by Crippen LogP contribution is 1.66. The molecule has 0 saturated carbocycles. The van der Waals surface area contributed by atoms with Gasteiger partial charge in [-0.1, -0.05) is 0 Å². The van der Waals surface area contributed by atoms with E-state index in [-0.39, 0.29) is 12.8 Å². The molecule has 0 heterocycles. The summed E-state index contributed by atoms with van der Waals surface area (Å²) in [6.45, 7) is 1.55. The summed E-state index contributed by atoms with van der Waals surface area (Å²) in [6, 6.07) is 0. The lowest BCUT2D eigenvalue weighted by molar-refractivity contribution is 0.0976. The number of aliphatic hydroxyl groups excluding tert-OH is 1. The Morgan fingerprint density at radius 1 is 1.38 bits per heavy atom. The largest absolute Gasteiger partial charge is 0.394 e. The lowest BCUT2D eigenvalue weighted by Crippen LogP contribution is -2.10. The van der Waals surface area contributed by atoms with Crippen LogP contribution in [0.1, 0.15) is 0 Å². The van der Waals surface area contributed by atoms with Crippen LogP contribution in [0.4, 0.5) is 0 Å². The van der Waals surface area contributed by atoms with Crippen molar-refractivity contribution in [2.24, 2.45) is 5.73 Å². The molecule has 0 aliphatic rings. The summed E-state index contributed by atoms with van der Waals surface area (Å²) in [7, 11) is 0. The Hall–Kier alpha value is -0.160. The maximum Gasteiger partial charge on any atom is 0.0698 e. The van der Waals surface area contributed by atoms with Gasteiger partial charge in [-0.05, 0) is 0 Å². The van der Waals surface area contributed by atoms with Crippen molar-refractivity contribution >= 4 is 0 Å².